The molecular formula is C25H19N5OS2. The minimum absolute atomic E-state index is 0.182. The normalized spacial score (nSPS) is 10.8. The van der Waals surface area contributed by atoms with Gasteiger partial charge in [-0.2, -0.15) is 0 Å². The SMILES string of the molecule is O=C(c1csc(-c2ncccn2)n1)N(CCc1ccccc1)c1nc(-c2ccccc2)cs1. The van der Waals surface area contributed by atoms with Crippen molar-refractivity contribution >= 4 is 33.7 Å². The summed E-state index contributed by atoms with van der Waals surface area (Å²) in [5.74, 6) is 0.330. The van der Waals surface area contributed by atoms with Crippen molar-refractivity contribution in [3.05, 3.63) is 101 Å². The molecule has 0 saturated carbocycles. The van der Waals surface area contributed by atoms with E-state index in [1.807, 2.05) is 53.9 Å². The Kier molecular flexibility index (Phi) is 6.27. The molecule has 8 heteroatoms. The molecule has 0 spiro atoms. The van der Waals surface area contributed by atoms with Gasteiger partial charge < -0.3 is 0 Å². The van der Waals surface area contributed by atoms with Crippen LogP contribution in [-0.2, 0) is 6.42 Å². The van der Waals surface area contributed by atoms with E-state index in [-0.39, 0.29) is 5.91 Å². The molecule has 33 heavy (non-hydrogen) atoms. The Balaban J connectivity index is 1.44. The number of hydrogen-bond acceptors (Lipinski definition) is 7. The molecule has 5 aromatic rings. The van der Waals surface area contributed by atoms with Crippen molar-refractivity contribution in [3.63, 3.8) is 0 Å². The summed E-state index contributed by atoms with van der Waals surface area (Å²) in [6.45, 7) is 0.499. The largest absolute Gasteiger partial charge is 0.282 e. The third kappa shape index (κ3) is 4.87. The Labute approximate surface area is 199 Å². The number of amides is 1. The highest BCUT2D eigenvalue weighted by Gasteiger charge is 2.24. The number of anilines is 1. The lowest BCUT2D eigenvalue weighted by Gasteiger charge is -2.19. The molecule has 3 aromatic heterocycles. The average Bonchev–Trinajstić information content (AvgIpc) is 3.57. The molecule has 0 fully saturated rings. The van der Waals surface area contributed by atoms with Crippen LogP contribution >= 0.6 is 22.7 Å². The zero-order chi connectivity index (χ0) is 22.5. The van der Waals surface area contributed by atoms with Crippen LogP contribution in [0.1, 0.15) is 16.1 Å². The highest BCUT2D eigenvalue weighted by Crippen LogP contribution is 2.29. The number of benzene rings is 2. The van der Waals surface area contributed by atoms with Crippen molar-refractivity contribution in [2.45, 2.75) is 6.42 Å². The first-order chi connectivity index (χ1) is 16.3. The molecule has 0 radical (unpaired) electrons. The van der Waals surface area contributed by atoms with Crippen molar-refractivity contribution < 1.29 is 4.79 Å². The second-order valence-electron chi connectivity index (χ2n) is 7.18. The maximum Gasteiger partial charge on any atom is 0.279 e. The Hall–Kier alpha value is -3.75. The minimum Gasteiger partial charge on any atom is -0.282 e. The Morgan fingerprint density at radius 3 is 2.30 bits per heavy atom. The zero-order valence-corrected chi connectivity index (χ0v) is 19.2. The van der Waals surface area contributed by atoms with E-state index < -0.39 is 0 Å². The smallest absolute Gasteiger partial charge is 0.279 e. The van der Waals surface area contributed by atoms with E-state index in [1.54, 1.807) is 28.7 Å². The first-order valence-electron chi connectivity index (χ1n) is 10.4. The summed E-state index contributed by atoms with van der Waals surface area (Å²) in [4.78, 5) is 33.1. The fourth-order valence-corrected chi connectivity index (χ4v) is 4.92. The molecular weight excluding hydrogens is 450 g/mol. The van der Waals surface area contributed by atoms with Crippen LogP contribution < -0.4 is 4.90 Å². The molecule has 0 bridgehead atoms. The van der Waals surface area contributed by atoms with E-state index in [0.717, 1.165) is 16.8 Å². The zero-order valence-electron chi connectivity index (χ0n) is 17.5. The highest BCUT2D eigenvalue weighted by molar-refractivity contribution is 7.14. The van der Waals surface area contributed by atoms with Gasteiger partial charge in [0, 0.05) is 35.3 Å². The fourth-order valence-electron chi connectivity index (χ4n) is 3.32. The molecule has 1 amide bonds. The van der Waals surface area contributed by atoms with Gasteiger partial charge in [-0.15, -0.1) is 22.7 Å². The molecule has 0 aliphatic rings. The Morgan fingerprint density at radius 1 is 0.818 bits per heavy atom. The molecule has 0 atom stereocenters. The molecule has 3 heterocycles. The van der Waals surface area contributed by atoms with E-state index in [2.05, 4.69) is 27.1 Å². The van der Waals surface area contributed by atoms with Crippen LogP contribution in [0.4, 0.5) is 5.13 Å². The van der Waals surface area contributed by atoms with E-state index in [4.69, 9.17) is 4.98 Å². The van der Waals surface area contributed by atoms with Gasteiger partial charge in [0.1, 0.15) is 5.69 Å². The predicted octanol–water partition coefficient (Wildman–Crippen LogP) is 5.61. The van der Waals surface area contributed by atoms with Crippen molar-refractivity contribution in [2.24, 2.45) is 0 Å². The number of carbonyl (C=O) groups is 1. The summed E-state index contributed by atoms with van der Waals surface area (Å²) < 4.78 is 0. The lowest BCUT2D eigenvalue weighted by atomic mass is 10.1. The molecule has 2 aromatic carbocycles. The van der Waals surface area contributed by atoms with Gasteiger partial charge >= 0.3 is 0 Å². The minimum atomic E-state index is -0.182. The summed E-state index contributed by atoms with van der Waals surface area (Å²) >= 11 is 2.82. The van der Waals surface area contributed by atoms with Crippen molar-refractivity contribution in [1.82, 2.24) is 19.9 Å². The first kappa shape index (κ1) is 21.1. The van der Waals surface area contributed by atoms with Crippen LogP contribution in [0.5, 0.6) is 0 Å². The van der Waals surface area contributed by atoms with E-state index in [9.17, 15) is 4.79 Å². The van der Waals surface area contributed by atoms with Crippen LogP contribution in [-0.4, -0.2) is 32.4 Å². The van der Waals surface area contributed by atoms with Crippen LogP contribution in [0.25, 0.3) is 22.1 Å². The summed E-state index contributed by atoms with van der Waals surface area (Å²) in [6.07, 6.45) is 4.04. The number of carbonyl (C=O) groups excluding carboxylic acids is 1. The summed E-state index contributed by atoms with van der Waals surface area (Å²) in [5.41, 5.74) is 3.40. The summed E-state index contributed by atoms with van der Waals surface area (Å²) in [6, 6.07) is 21.8. The van der Waals surface area contributed by atoms with Crippen molar-refractivity contribution in [1.29, 1.82) is 0 Å². The standard InChI is InChI=1S/C25H19N5OS2/c31-24(21-17-32-23(28-21)22-26-13-7-14-27-22)30(15-12-18-8-3-1-4-9-18)25-29-20(16-33-25)19-10-5-2-6-11-19/h1-11,13-14,16-17H,12,15H2. The quantitative estimate of drug-likeness (QED) is 0.310. The average molecular weight is 470 g/mol. The fraction of sp³-hybridized carbons (Fsp3) is 0.0800. The molecule has 0 aliphatic heterocycles. The molecule has 0 aliphatic carbocycles. The van der Waals surface area contributed by atoms with Crippen LogP contribution in [0.15, 0.2) is 89.9 Å². The molecule has 5 rings (SSSR count). The van der Waals surface area contributed by atoms with Crippen molar-refractivity contribution in [3.8, 4) is 22.1 Å². The maximum absolute atomic E-state index is 13.6. The van der Waals surface area contributed by atoms with Crippen LogP contribution in [0.2, 0.25) is 0 Å². The Bertz CT molecular complexity index is 1340. The molecule has 0 saturated heterocycles. The lowest BCUT2D eigenvalue weighted by Crippen LogP contribution is -2.33. The molecule has 6 nitrogen and oxygen atoms in total. The van der Waals surface area contributed by atoms with E-state index >= 15 is 0 Å². The lowest BCUT2D eigenvalue weighted by molar-refractivity contribution is 0.0983. The maximum atomic E-state index is 13.6. The van der Waals surface area contributed by atoms with Crippen molar-refractivity contribution in [2.75, 3.05) is 11.4 Å². The summed E-state index contributed by atoms with van der Waals surface area (Å²) in [7, 11) is 0. The second kappa shape index (κ2) is 9.81. The van der Waals surface area contributed by atoms with Gasteiger partial charge in [0.25, 0.3) is 5.91 Å². The van der Waals surface area contributed by atoms with Gasteiger partial charge in [-0.1, -0.05) is 60.7 Å². The second-order valence-corrected chi connectivity index (χ2v) is 8.88. The van der Waals surface area contributed by atoms with Gasteiger partial charge in [-0.25, -0.2) is 19.9 Å². The third-order valence-electron chi connectivity index (χ3n) is 4.98. The monoisotopic (exact) mass is 469 g/mol. The topological polar surface area (TPSA) is 71.9 Å². The van der Waals surface area contributed by atoms with E-state index in [0.29, 0.717) is 34.6 Å². The molecule has 162 valence electrons. The third-order valence-corrected chi connectivity index (χ3v) is 6.69. The number of rotatable bonds is 7. The van der Waals surface area contributed by atoms with Gasteiger partial charge in [0.15, 0.2) is 16.0 Å². The number of nitrogens with zero attached hydrogens (tertiary/aromatic N) is 5. The molecule has 0 unspecified atom stereocenters. The first-order valence-corrected chi connectivity index (χ1v) is 12.1. The van der Waals surface area contributed by atoms with Gasteiger partial charge in [-0.05, 0) is 18.1 Å². The number of thiazole rings is 2. The van der Waals surface area contributed by atoms with Crippen LogP contribution in [0.3, 0.4) is 0 Å². The Morgan fingerprint density at radius 2 is 1.55 bits per heavy atom. The summed E-state index contributed by atoms with van der Waals surface area (Å²) in [5, 5.41) is 5.01. The highest BCUT2D eigenvalue weighted by atomic mass is 32.1. The van der Waals surface area contributed by atoms with Gasteiger partial charge in [0.2, 0.25) is 0 Å². The number of hydrogen-bond donors (Lipinski definition) is 0. The van der Waals surface area contributed by atoms with Crippen LogP contribution in [0, 0.1) is 0 Å². The van der Waals surface area contributed by atoms with E-state index in [1.165, 1.54) is 22.7 Å². The molecule has 0 N–H and O–H groups in total. The number of aromatic nitrogens is 4. The van der Waals surface area contributed by atoms with Gasteiger partial charge in [0.05, 0.1) is 5.69 Å². The predicted molar refractivity (Wildman–Crippen MR) is 133 cm³/mol. The van der Waals surface area contributed by atoms with Gasteiger partial charge in [-0.3, -0.25) is 9.69 Å².